The van der Waals surface area contributed by atoms with Crippen molar-refractivity contribution >= 4 is 16.9 Å². The van der Waals surface area contributed by atoms with Gasteiger partial charge in [0.25, 0.3) is 0 Å². The van der Waals surface area contributed by atoms with Crippen LogP contribution in [0.5, 0.6) is 11.5 Å². The largest absolute Gasteiger partial charge is 0.497 e. The number of hydrogen-bond donors (Lipinski definition) is 2. The highest BCUT2D eigenvalue weighted by Crippen LogP contribution is 2.36. The van der Waals surface area contributed by atoms with Crippen LogP contribution in [0.15, 0.2) is 53.3 Å². The van der Waals surface area contributed by atoms with E-state index in [0.29, 0.717) is 16.9 Å². The molecule has 4 rings (SSSR count). The molecule has 0 aliphatic rings. The zero-order chi connectivity index (χ0) is 23.5. The number of aliphatic carboxylic acids is 1. The smallest absolute Gasteiger partial charge is 0.307 e. The van der Waals surface area contributed by atoms with E-state index in [4.69, 9.17) is 24.7 Å². The molecule has 2 heterocycles. The van der Waals surface area contributed by atoms with E-state index in [1.165, 1.54) is 43.8 Å². The van der Waals surface area contributed by atoms with E-state index in [-0.39, 0.29) is 53.1 Å². The predicted octanol–water partition coefficient (Wildman–Crippen LogP) is 4.45. The van der Waals surface area contributed by atoms with Gasteiger partial charge in [0, 0.05) is 41.1 Å². The van der Waals surface area contributed by atoms with E-state index in [0.717, 1.165) is 0 Å². The minimum Gasteiger partial charge on any atom is -0.497 e. The number of aromatic nitrogens is 1. The minimum atomic E-state index is -1.04. The van der Waals surface area contributed by atoms with Crippen LogP contribution in [0.2, 0.25) is 0 Å². The summed E-state index contributed by atoms with van der Waals surface area (Å²) >= 11 is 0. The highest BCUT2D eigenvalue weighted by molar-refractivity contribution is 5.93. The number of hydrogen-bond acceptors (Lipinski definition) is 6. The number of fused-ring (bicyclic) bond motifs is 1. The van der Waals surface area contributed by atoms with Crippen molar-refractivity contribution in [3.05, 3.63) is 77.3 Å². The van der Waals surface area contributed by atoms with Crippen LogP contribution in [0.4, 0.5) is 8.78 Å². The van der Waals surface area contributed by atoms with Gasteiger partial charge in [-0.1, -0.05) is 6.07 Å². The first-order valence-corrected chi connectivity index (χ1v) is 9.96. The third kappa shape index (κ3) is 4.35. The lowest BCUT2D eigenvalue weighted by molar-refractivity contribution is -0.136. The van der Waals surface area contributed by atoms with Gasteiger partial charge in [-0.3, -0.25) is 9.78 Å². The fourth-order valence-corrected chi connectivity index (χ4v) is 3.57. The van der Waals surface area contributed by atoms with E-state index in [9.17, 15) is 9.18 Å². The van der Waals surface area contributed by atoms with Crippen LogP contribution in [0, 0.1) is 11.6 Å². The van der Waals surface area contributed by atoms with Crippen molar-refractivity contribution in [1.29, 1.82) is 0 Å². The number of carboxylic acid groups (broad SMARTS) is 1. The number of pyridine rings is 1. The Labute approximate surface area is 187 Å². The van der Waals surface area contributed by atoms with Gasteiger partial charge in [0.2, 0.25) is 0 Å². The summed E-state index contributed by atoms with van der Waals surface area (Å²) in [5, 5.41) is 9.33. The van der Waals surface area contributed by atoms with Crippen molar-refractivity contribution in [3.8, 4) is 22.6 Å². The Balaban J connectivity index is 1.76. The Hall–Kier alpha value is -3.98. The number of halogens is 2. The van der Waals surface area contributed by atoms with Crippen LogP contribution in [0.3, 0.4) is 0 Å². The van der Waals surface area contributed by atoms with Crippen LogP contribution in [0.1, 0.15) is 16.8 Å². The number of ether oxygens (including phenoxy) is 2. The summed E-state index contributed by atoms with van der Waals surface area (Å²) in [7, 11) is 1.47. The molecule has 0 atom stereocenters. The maximum Gasteiger partial charge on any atom is 0.307 e. The fraction of sp³-hybridized carbons (Fsp3) is 0.167. The van der Waals surface area contributed by atoms with Gasteiger partial charge in [-0.2, -0.15) is 0 Å². The van der Waals surface area contributed by atoms with Gasteiger partial charge in [-0.05, 0) is 24.3 Å². The fourth-order valence-electron chi connectivity index (χ4n) is 3.57. The van der Waals surface area contributed by atoms with Gasteiger partial charge in [-0.25, -0.2) is 8.78 Å². The molecule has 0 radical (unpaired) electrons. The summed E-state index contributed by atoms with van der Waals surface area (Å²) in [5.74, 6) is -1.54. The third-order valence-electron chi connectivity index (χ3n) is 5.19. The van der Waals surface area contributed by atoms with Crippen LogP contribution >= 0.6 is 0 Å². The van der Waals surface area contributed by atoms with Crippen molar-refractivity contribution in [2.24, 2.45) is 5.73 Å². The molecule has 2 aromatic heterocycles. The summed E-state index contributed by atoms with van der Waals surface area (Å²) in [6.45, 7) is -0.337. The molecule has 0 spiro atoms. The predicted molar refractivity (Wildman–Crippen MR) is 116 cm³/mol. The molecule has 0 aliphatic carbocycles. The Morgan fingerprint density at radius 3 is 2.67 bits per heavy atom. The molecule has 4 aromatic rings. The Bertz CT molecular complexity index is 1340. The summed E-state index contributed by atoms with van der Waals surface area (Å²) in [6, 6.07) is 9.07. The molecule has 3 N–H and O–H groups in total. The first-order valence-electron chi connectivity index (χ1n) is 9.96. The zero-order valence-electron chi connectivity index (χ0n) is 17.6. The molecule has 0 saturated heterocycles. The van der Waals surface area contributed by atoms with Gasteiger partial charge in [-0.15, -0.1) is 0 Å². The maximum atomic E-state index is 15.2. The van der Waals surface area contributed by atoms with Crippen LogP contribution in [0.25, 0.3) is 22.1 Å². The van der Waals surface area contributed by atoms with Gasteiger partial charge in [0.05, 0.1) is 30.9 Å². The highest BCUT2D eigenvalue weighted by Gasteiger charge is 2.20. The standard InChI is InChI=1S/C24H20F2N2O5/c1-31-15-3-2-13(9-21(29)30)20(10-15)33-12-14-8-18(24-17(22(14)25)5-7-32-24)16-4-6-28-19(11-27)23(16)26/h2-8,10H,9,11-12,27H2,1H3,(H,29,30). The number of nitrogens with zero attached hydrogens (tertiary/aromatic N) is 1. The molecule has 0 fully saturated rings. The van der Waals surface area contributed by atoms with Gasteiger partial charge < -0.3 is 24.7 Å². The van der Waals surface area contributed by atoms with Crippen LogP contribution in [-0.2, 0) is 24.4 Å². The number of benzene rings is 2. The molecule has 0 bridgehead atoms. The highest BCUT2D eigenvalue weighted by atomic mass is 19.1. The quantitative estimate of drug-likeness (QED) is 0.405. The molecule has 7 nitrogen and oxygen atoms in total. The molecule has 0 saturated carbocycles. The van der Waals surface area contributed by atoms with E-state index in [1.54, 1.807) is 12.1 Å². The number of carboxylic acids is 1. The molecular weight excluding hydrogens is 434 g/mol. The molecule has 33 heavy (non-hydrogen) atoms. The normalized spacial score (nSPS) is 11.0. The van der Waals surface area contributed by atoms with Crippen molar-refractivity contribution in [2.75, 3.05) is 7.11 Å². The summed E-state index contributed by atoms with van der Waals surface area (Å²) in [4.78, 5) is 15.1. The first kappa shape index (κ1) is 22.2. The second-order valence-corrected chi connectivity index (χ2v) is 7.22. The number of rotatable bonds is 8. The van der Waals surface area contributed by atoms with Crippen molar-refractivity contribution in [2.45, 2.75) is 19.6 Å². The molecule has 170 valence electrons. The Kier molecular flexibility index (Phi) is 6.23. The summed E-state index contributed by atoms with van der Waals surface area (Å²) in [6.07, 6.45) is 2.46. The molecule has 2 aromatic carbocycles. The van der Waals surface area contributed by atoms with E-state index in [1.807, 2.05) is 0 Å². The summed E-state index contributed by atoms with van der Waals surface area (Å²) in [5.41, 5.74) is 6.85. The lowest BCUT2D eigenvalue weighted by Crippen LogP contribution is -2.06. The van der Waals surface area contributed by atoms with Crippen LogP contribution < -0.4 is 15.2 Å². The number of furan rings is 1. The van der Waals surface area contributed by atoms with Crippen molar-refractivity contribution in [1.82, 2.24) is 4.98 Å². The second kappa shape index (κ2) is 9.25. The Morgan fingerprint density at radius 1 is 1.12 bits per heavy atom. The molecule has 0 unspecified atom stereocenters. The monoisotopic (exact) mass is 454 g/mol. The van der Waals surface area contributed by atoms with Gasteiger partial charge in [0.15, 0.2) is 5.82 Å². The molecule has 9 heteroatoms. The average molecular weight is 454 g/mol. The average Bonchev–Trinajstić information content (AvgIpc) is 3.30. The Morgan fingerprint density at radius 2 is 1.94 bits per heavy atom. The first-order chi connectivity index (χ1) is 15.9. The molecule has 0 amide bonds. The number of nitrogens with two attached hydrogens (primary N) is 1. The van der Waals surface area contributed by atoms with E-state index in [2.05, 4.69) is 4.98 Å². The lowest BCUT2D eigenvalue weighted by atomic mass is 9.99. The van der Waals surface area contributed by atoms with Gasteiger partial charge >= 0.3 is 5.97 Å². The minimum absolute atomic E-state index is 0.0732. The number of methoxy groups -OCH3 is 1. The van der Waals surface area contributed by atoms with Crippen molar-refractivity contribution in [3.63, 3.8) is 0 Å². The van der Waals surface area contributed by atoms with E-state index < -0.39 is 17.6 Å². The van der Waals surface area contributed by atoms with Gasteiger partial charge in [0.1, 0.15) is 29.5 Å². The molecular formula is C24H20F2N2O5. The maximum absolute atomic E-state index is 15.2. The summed E-state index contributed by atoms with van der Waals surface area (Å²) < 4.78 is 46.6. The van der Waals surface area contributed by atoms with Crippen LogP contribution in [-0.4, -0.2) is 23.2 Å². The van der Waals surface area contributed by atoms with Crippen molar-refractivity contribution < 1.29 is 32.6 Å². The van der Waals surface area contributed by atoms with E-state index >= 15 is 4.39 Å². The number of carbonyl (C=O) groups is 1. The third-order valence-corrected chi connectivity index (χ3v) is 5.19. The second-order valence-electron chi connectivity index (χ2n) is 7.22. The topological polar surface area (TPSA) is 108 Å². The zero-order valence-corrected chi connectivity index (χ0v) is 17.6. The SMILES string of the molecule is COc1ccc(CC(=O)O)c(OCc2cc(-c3ccnc(CN)c3F)c3occc3c2F)c1. The molecule has 0 aliphatic heterocycles. The lowest BCUT2D eigenvalue weighted by Gasteiger charge is -2.14.